The smallest absolute Gasteiger partial charge is 0.293 e. The fourth-order valence-electron chi connectivity index (χ4n) is 1.48. The molecule has 0 radical (unpaired) electrons. The Morgan fingerprint density at radius 2 is 2.28 bits per heavy atom. The van der Waals surface area contributed by atoms with Gasteiger partial charge in [0.1, 0.15) is 5.82 Å². The Hall–Kier alpha value is -1.69. The second-order valence-electron chi connectivity index (χ2n) is 3.78. The van der Waals surface area contributed by atoms with Gasteiger partial charge in [-0.2, -0.15) is 0 Å². The standard InChI is InChI=1S/C12H11BrFN3O/c1-17-5-4-15-11(12(17)18)16-7-8-6-9(13)2-3-10(8)14/h2-6H,7H2,1H3,(H,15,16). The summed E-state index contributed by atoms with van der Waals surface area (Å²) in [4.78, 5) is 15.6. The molecule has 1 heterocycles. The van der Waals surface area contributed by atoms with Crippen LogP contribution in [0.2, 0.25) is 0 Å². The number of nitrogens with zero attached hydrogens (tertiary/aromatic N) is 2. The predicted octanol–water partition coefficient (Wildman–Crippen LogP) is 2.29. The third-order valence-electron chi connectivity index (χ3n) is 2.47. The molecule has 6 heteroatoms. The number of aromatic nitrogens is 2. The predicted molar refractivity (Wildman–Crippen MR) is 70.9 cm³/mol. The summed E-state index contributed by atoms with van der Waals surface area (Å²) in [6.45, 7) is 0.206. The summed E-state index contributed by atoms with van der Waals surface area (Å²) >= 11 is 3.27. The molecule has 1 aromatic carbocycles. The van der Waals surface area contributed by atoms with Gasteiger partial charge < -0.3 is 9.88 Å². The lowest BCUT2D eigenvalue weighted by Gasteiger charge is -2.07. The first-order valence-corrected chi connectivity index (χ1v) is 6.06. The van der Waals surface area contributed by atoms with Crippen LogP contribution in [0.3, 0.4) is 0 Å². The van der Waals surface area contributed by atoms with E-state index in [1.165, 1.54) is 16.8 Å². The molecular formula is C12H11BrFN3O. The summed E-state index contributed by atoms with van der Waals surface area (Å²) in [5, 5.41) is 2.83. The van der Waals surface area contributed by atoms with E-state index in [2.05, 4.69) is 26.2 Å². The number of hydrogen-bond acceptors (Lipinski definition) is 3. The molecule has 2 aromatic rings. The molecule has 18 heavy (non-hydrogen) atoms. The van der Waals surface area contributed by atoms with Gasteiger partial charge in [-0.3, -0.25) is 4.79 Å². The molecule has 0 amide bonds. The largest absolute Gasteiger partial charge is 0.361 e. The van der Waals surface area contributed by atoms with Gasteiger partial charge in [0.25, 0.3) is 5.56 Å². The number of rotatable bonds is 3. The van der Waals surface area contributed by atoms with Crippen LogP contribution in [0.15, 0.2) is 39.9 Å². The zero-order chi connectivity index (χ0) is 13.1. The molecule has 0 aliphatic carbocycles. The third-order valence-corrected chi connectivity index (χ3v) is 2.96. The fourth-order valence-corrected chi connectivity index (χ4v) is 1.89. The van der Waals surface area contributed by atoms with Crippen molar-refractivity contribution in [2.24, 2.45) is 7.05 Å². The molecule has 0 aliphatic heterocycles. The minimum absolute atomic E-state index is 0.206. The number of hydrogen-bond donors (Lipinski definition) is 1. The lowest BCUT2D eigenvalue weighted by atomic mass is 10.2. The van der Waals surface area contributed by atoms with E-state index in [-0.39, 0.29) is 23.7 Å². The summed E-state index contributed by atoms with van der Waals surface area (Å²) in [6.07, 6.45) is 3.08. The number of benzene rings is 1. The van der Waals surface area contributed by atoms with Crippen LogP contribution >= 0.6 is 15.9 Å². The molecule has 0 saturated carbocycles. The van der Waals surface area contributed by atoms with E-state index in [0.717, 1.165) is 4.47 Å². The minimum Gasteiger partial charge on any atom is -0.361 e. The topological polar surface area (TPSA) is 46.9 Å². The zero-order valence-electron chi connectivity index (χ0n) is 9.65. The highest BCUT2D eigenvalue weighted by Gasteiger charge is 2.05. The van der Waals surface area contributed by atoms with E-state index >= 15 is 0 Å². The fraction of sp³-hybridized carbons (Fsp3) is 0.167. The van der Waals surface area contributed by atoms with Crippen LogP contribution in [0.5, 0.6) is 0 Å². The first-order chi connectivity index (χ1) is 8.58. The van der Waals surface area contributed by atoms with Crippen molar-refractivity contribution in [2.45, 2.75) is 6.54 Å². The highest BCUT2D eigenvalue weighted by atomic mass is 79.9. The quantitative estimate of drug-likeness (QED) is 0.946. The zero-order valence-corrected chi connectivity index (χ0v) is 11.2. The van der Waals surface area contributed by atoms with E-state index in [0.29, 0.717) is 5.56 Å². The molecule has 0 fully saturated rings. The molecule has 94 valence electrons. The molecule has 2 rings (SSSR count). The van der Waals surface area contributed by atoms with Gasteiger partial charge in [-0.25, -0.2) is 9.37 Å². The van der Waals surface area contributed by atoms with Crippen LogP contribution in [0, 0.1) is 5.82 Å². The van der Waals surface area contributed by atoms with Crippen molar-refractivity contribution in [3.63, 3.8) is 0 Å². The van der Waals surface area contributed by atoms with Crippen LogP contribution in [-0.4, -0.2) is 9.55 Å². The van der Waals surface area contributed by atoms with E-state index in [4.69, 9.17) is 0 Å². The van der Waals surface area contributed by atoms with Crippen molar-refractivity contribution in [3.05, 3.63) is 56.8 Å². The normalized spacial score (nSPS) is 10.4. The summed E-state index contributed by atoms with van der Waals surface area (Å²) in [5.74, 6) is -0.113. The van der Waals surface area contributed by atoms with E-state index in [1.54, 1.807) is 25.4 Å². The second-order valence-corrected chi connectivity index (χ2v) is 4.70. The Labute approximate surface area is 112 Å². The van der Waals surface area contributed by atoms with E-state index in [9.17, 15) is 9.18 Å². The number of anilines is 1. The van der Waals surface area contributed by atoms with Gasteiger partial charge in [0, 0.05) is 36.0 Å². The first kappa shape index (κ1) is 12.8. The molecule has 0 saturated heterocycles. The Balaban J connectivity index is 2.19. The average molecular weight is 312 g/mol. The van der Waals surface area contributed by atoms with Crippen LogP contribution in [0.4, 0.5) is 10.2 Å². The third kappa shape index (κ3) is 2.76. The van der Waals surface area contributed by atoms with E-state index in [1.807, 2.05) is 0 Å². The average Bonchev–Trinajstić information content (AvgIpc) is 2.35. The van der Waals surface area contributed by atoms with Crippen LogP contribution in [0.25, 0.3) is 0 Å². The van der Waals surface area contributed by atoms with Gasteiger partial charge in [0.2, 0.25) is 0 Å². The lowest BCUT2D eigenvalue weighted by molar-refractivity contribution is 0.612. The maximum absolute atomic E-state index is 13.5. The van der Waals surface area contributed by atoms with Gasteiger partial charge >= 0.3 is 0 Å². The molecule has 0 bridgehead atoms. The summed E-state index contributed by atoms with van der Waals surface area (Å²) in [7, 11) is 1.63. The van der Waals surface area contributed by atoms with Crippen molar-refractivity contribution < 1.29 is 4.39 Å². The molecule has 0 atom stereocenters. The van der Waals surface area contributed by atoms with Gasteiger partial charge in [-0.1, -0.05) is 15.9 Å². The van der Waals surface area contributed by atoms with Gasteiger partial charge in [0.15, 0.2) is 5.82 Å². The van der Waals surface area contributed by atoms with Crippen LogP contribution in [0.1, 0.15) is 5.56 Å². The summed E-state index contributed by atoms with van der Waals surface area (Å²) in [5.41, 5.74) is 0.227. The Bertz CT molecular complexity index is 627. The highest BCUT2D eigenvalue weighted by molar-refractivity contribution is 9.10. The highest BCUT2D eigenvalue weighted by Crippen LogP contribution is 2.16. The maximum atomic E-state index is 13.5. The summed E-state index contributed by atoms with van der Waals surface area (Å²) < 4.78 is 15.7. The Morgan fingerprint density at radius 1 is 1.50 bits per heavy atom. The van der Waals surface area contributed by atoms with Gasteiger partial charge in [-0.05, 0) is 18.2 Å². The Morgan fingerprint density at radius 3 is 3.06 bits per heavy atom. The van der Waals surface area contributed by atoms with Crippen molar-refractivity contribution in [1.82, 2.24) is 9.55 Å². The number of aryl methyl sites for hydroxylation is 1. The SMILES string of the molecule is Cn1ccnc(NCc2cc(Br)ccc2F)c1=O. The molecule has 4 nitrogen and oxygen atoms in total. The number of halogens is 2. The van der Waals surface area contributed by atoms with Gasteiger partial charge in [-0.15, -0.1) is 0 Å². The molecule has 0 unspecified atom stereocenters. The molecule has 1 N–H and O–H groups in total. The van der Waals surface area contributed by atoms with Gasteiger partial charge in [0.05, 0.1) is 0 Å². The lowest BCUT2D eigenvalue weighted by Crippen LogP contribution is -2.21. The van der Waals surface area contributed by atoms with Crippen molar-refractivity contribution in [1.29, 1.82) is 0 Å². The van der Waals surface area contributed by atoms with Crippen molar-refractivity contribution >= 4 is 21.7 Å². The molecular weight excluding hydrogens is 301 g/mol. The van der Waals surface area contributed by atoms with Crippen LogP contribution < -0.4 is 10.9 Å². The Kier molecular flexibility index (Phi) is 3.76. The van der Waals surface area contributed by atoms with Crippen molar-refractivity contribution in [3.8, 4) is 0 Å². The summed E-state index contributed by atoms with van der Waals surface area (Å²) in [6, 6.07) is 4.66. The minimum atomic E-state index is -0.321. The monoisotopic (exact) mass is 311 g/mol. The second kappa shape index (κ2) is 5.30. The van der Waals surface area contributed by atoms with Crippen molar-refractivity contribution in [2.75, 3.05) is 5.32 Å². The first-order valence-electron chi connectivity index (χ1n) is 5.27. The van der Waals surface area contributed by atoms with Crippen LogP contribution in [-0.2, 0) is 13.6 Å². The molecule has 1 aromatic heterocycles. The number of nitrogens with one attached hydrogen (secondary N) is 1. The maximum Gasteiger partial charge on any atom is 0.293 e. The molecule has 0 spiro atoms. The molecule has 0 aliphatic rings. The van der Waals surface area contributed by atoms with E-state index < -0.39 is 0 Å².